The van der Waals surface area contributed by atoms with Crippen molar-refractivity contribution in [1.29, 1.82) is 0 Å². The van der Waals surface area contributed by atoms with Crippen LogP contribution in [0.1, 0.15) is 369 Å². The highest BCUT2D eigenvalue weighted by Crippen LogP contribution is 2.47. The van der Waals surface area contributed by atoms with Crippen molar-refractivity contribution in [3.05, 3.63) is 0 Å². The summed E-state index contributed by atoms with van der Waals surface area (Å²) in [5.74, 6) is -9.02. The van der Waals surface area contributed by atoms with Crippen molar-refractivity contribution in [2.45, 2.75) is 409 Å². The predicted octanol–water partition coefficient (Wildman–Crippen LogP) is 29.2. The van der Waals surface area contributed by atoms with E-state index in [9.17, 15) is 43.9 Å². The standard InChI is InChI=1S/5C10H22.2C6H12F2.2C5H9F3/c2*1-7-9(3,4)10(5,6)8-2;3*1-7-10(6,8-2)9(3,4)5;1-5(2,7)6(3,4)8;1-5(2,3)6(4,7)8;2*1-4(2,6)5(3,7)8/h5*7-8H2,1-6H3;2*1-4H3;2*1-3H3. The quantitative estimate of drug-likeness (QED) is 0.143. The van der Waals surface area contributed by atoms with Crippen LogP contribution in [-0.4, -0.2) is 40.4 Å². The van der Waals surface area contributed by atoms with Crippen LogP contribution in [0.25, 0.3) is 0 Å². The molecule has 510 valence electrons. The van der Waals surface area contributed by atoms with Gasteiger partial charge < -0.3 is 0 Å². The summed E-state index contributed by atoms with van der Waals surface area (Å²) in [6.45, 7) is 84.8. The lowest BCUT2D eigenvalue weighted by Gasteiger charge is -2.40. The van der Waals surface area contributed by atoms with Crippen LogP contribution in [-0.2, 0) is 0 Å². The molecule has 0 amide bonds. The zero-order valence-corrected chi connectivity index (χ0v) is 63.9. The van der Waals surface area contributed by atoms with E-state index in [2.05, 4.69) is 208 Å². The molecule has 0 heterocycles. The molecular weight excluding hydrogens is 1050 g/mol. The first-order valence-corrected chi connectivity index (χ1v) is 31.7. The second-order valence-corrected chi connectivity index (χ2v) is 33.3. The summed E-state index contributed by atoms with van der Waals surface area (Å²) < 4.78 is 121. The Balaban J connectivity index is -0.000000105. The van der Waals surface area contributed by atoms with Crippen LogP contribution in [0, 0.1) is 59.6 Å². The highest BCUT2D eigenvalue weighted by molar-refractivity contribution is 4.88. The van der Waals surface area contributed by atoms with E-state index >= 15 is 0 Å². The van der Waals surface area contributed by atoms with Crippen molar-refractivity contribution in [2.24, 2.45) is 59.6 Å². The molecule has 0 aromatic rings. The van der Waals surface area contributed by atoms with E-state index in [1.54, 1.807) is 0 Å². The maximum atomic E-state index is 12.5. The Hall–Kier alpha value is -0.700. The van der Waals surface area contributed by atoms with Gasteiger partial charge in [0.1, 0.15) is 11.3 Å². The first kappa shape index (κ1) is 100. The molecule has 0 aliphatic rings. The summed E-state index contributed by atoms with van der Waals surface area (Å²) in [4.78, 5) is 0. The first-order valence-electron chi connectivity index (χ1n) is 31.7. The molecule has 0 fully saturated rings. The van der Waals surface area contributed by atoms with E-state index in [0.29, 0.717) is 68.0 Å². The molecule has 0 aromatic carbocycles. The van der Waals surface area contributed by atoms with E-state index < -0.39 is 45.9 Å². The van der Waals surface area contributed by atoms with Crippen molar-refractivity contribution < 1.29 is 43.9 Å². The SMILES string of the molecule is CC(C)(C)C(C)(F)F.CC(C)(F)C(C)(C)F.CC(C)(F)C(C)(F)F.CC(C)(F)C(C)(F)F.CCC(C)(C)C(C)(C)CC.CCC(C)(C)C(C)(C)CC.CCC(C)(CC)C(C)(C)C.CCC(C)(CC)C(C)(C)C.CCC(C)(CC)C(C)(C)C. The van der Waals surface area contributed by atoms with Gasteiger partial charge >= 0.3 is 0 Å². The Morgan fingerprint density at radius 2 is 0.256 bits per heavy atom. The highest BCUT2D eigenvalue weighted by Gasteiger charge is 2.44. The Labute approximate surface area is 510 Å². The van der Waals surface area contributed by atoms with Gasteiger partial charge in [-0.05, 0) is 116 Å². The molecule has 0 unspecified atom stereocenters. The molecule has 0 bridgehead atoms. The summed E-state index contributed by atoms with van der Waals surface area (Å²) >= 11 is 0. The molecule has 0 saturated heterocycles. The van der Waals surface area contributed by atoms with Gasteiger partial charge in [-0.25, -0.2) is 43.9 Å². The van der Waals surface area contributed by atoms with Crippen LogP contribution in [0.2, 0.25) is 0 Å². The van der Waals surface area contributed by atoms with Crippen LogP contribution in [0.5, 0.6) is 0 Å². The van der Waals surface area contributed by atoms with E-state index in [-0.39, 0.29) is 0 Å². The summed E-state index contributed by atoms with van der Waals surface area (Å²) in [7, 11) is 0. The second-order valence-electron chi connectivity index (χ2n) is 33.3. The molecule has 82 heavy (non-hydrogen) atoms. The molecule has 0 atom stereocenters. The minimum atomic E-state index is -3.23. The Bertz CT molecular complexity index is 1260. The van der Waals surface area contributed by atoms with Gasteiger partial charge in [0.25, 0.3) is 11.8 Å². The highest BCUT2D eigenvalue weighted by atomic mass is 19.3. The average molecular weight is 1210 g/mol. The maximum Gasteiger partial charge on any atom is 0.278 e. The molecule has 0 saturated carbocycles. The molecule has 0 nitrogen and oxygen atoms in total. The summed E-state index contributed by atoms with van der Waals surface area (Å²) in [6.07, 6.45) is 12.8. The van der Waals surface area contributed by atoms with Crippen molar-refractivity contribution in [2.75, 3.05) is 0 Å². The molecule has 0 radical (unpaired) electrons. The molecule has 0 N–H and O–H groups in total. The van der Waals surface area contributed by atoms with E-state index in [4.69, 9.17) is 0 Å². The summed E-state index contributed by atoms with van der Waals surface area (Å²) in [5, 5.41) is 0. The Morgan fingerprint density at radius 1 is 0.159 bits per heavy atom. The van der Waals surface area contributed by atoms with Gasteiger partial charge in [-0.1, -0.05) is 293 Å². The largest absolute Gasteiger partial charge is 0.278 e. The lowest BCUT2D eigenvalue weighted by atomic mass is 9.65. The summed E-state index contributed by atoms with van der Waals surface area (Å²) in [5.41, 5.74) is -4.27. The first-order chi connectivity index (χ1) is 34.9. The monoisotopic (exact) mass is 1210 g/mol. The second kappa shape index (κ2) is 36.7. The van der Waals surface area contributed by atoms with Crippen molar-refractivity contribution in [3.63, 3.8) is 0 Å². The zero-order valence-electron chi connectivity index (χ0n) is 63.9. The minimum Gasteiger partial charge on any atom is -0.241 e. The smallest absolute Gasteiger partial charge is 0.241 e. The number of rotatable bonds is 15. The molecule has 0 aliphatic carbocycles. The maximum absolute atomic E-state index is 12.5. The van der Waals surface area contributed by atoms with Crippen molar-refractivity contribution in [3.8, 4) is 0 Å². The number of alkyl halides is 10. The molecule has 0 aromatic heterocycles. The summed E-state index contributed by atoms with van der Waals surface area (Å²) in [6, 6.07) is 0. The average Bonchev–Trinajstić information content (AvgIpc) is 3.25. The Morgan fingerprint density at radius 3 is 0.268 bits per heavy atom. The van der Waals surface area contributed by atoms with Crippen molar-refractivity contribution >= 4 is 0 Å². The van der Waals surface area contributed by atoms with Crippen LogP contribution in [0.4, 0.5) is 43.9 Å². The topological polar surface area (TPSA) is 0 Å². The zero-order chi connectivity index (χ0) is 70.1. The van der Waals surface area contributed by atoms with E-state index in [0.717, 1.165) is 34.6 Å². The van der Waals surface area contributed by atoms with Gasteiger partial charge in [-0.2, -0.15) is 0 Å². The van der Waals surface area contributed by atoms with E-state index in [1.165, 1.54) is 113 Å². The lowest BCUT2D eigenvalue weighted by Crippen LogP contribution is -2.36. The normalized spacial score (nSPS) is 14.0. The third-order valence-corrected chi connectivity index (χ3v) is 22.1. The van der Waals surface area contributed by atoms with Gasteiger partial charge in [0.05, 0.1) is 0 Å². The number of hydrogen-bond acceptors (Lipinski definition) is 0. The van der Waals surface area contributed by atoms with Crippen LogP contribution >= 0.6 is 0 Å². The Kier molecular flexibility index (Phi) is 44.9. The third-order valence-electron chi connectivity index (χ3n) is 22.1. The van der Waals surface area contributed by atoms with Gasteiger partial charge in [-0.15, -0.1) is 0 Å². The van der Waals surface area contributed by atoms with Crippen LogP contribution in [0.3, 0.4) is 0 Å². The van der Waals surface area contributed by atoms with Gasteiger partial charge in [0.2, 0.25) is 5.92 Å². The van der Waals surface area contributed by atoms with Gasteiger partial charge in [0, 0.05) is 19.3 Å². The van der Waals surface area contributed by atoms with Gasteiger partial charge in [0.15, 0.2) is 11.3 Å². The molecule has 10 heteroatoms. The fraction of sp³-hybridized carbons (Fsp3) is 1.00. The molecule has 0 rings (SSSR count). The van der Waals surface area contributed by atoms with Crippen molar-refractivity contribution in [1.82, 2.24) is 0 Å². The molecule has 0 aliphatic heterocycles. The fourth-order valence-corrected chi connectivity index (χ4v) is 5.85. The number of halogens is 10. The van der Waals surface area contributed by atoms with Crippen LogP contribution < -0.4 is 0 Å². The lowest BCUT2D eigenvalue weighted by molar-refractivity contribution is -0.104. The minimum absolute atomic E-state index is 0.455. The number of hydrogen-bond donors (Lipinski definition) is 0. The molecular formula is C72H152F10. The van der Waals surface area contributed by atoms with Gasteiger partial charge in [-0.3, -0.25) is 0 Å². The van der Waals surface area contributed by atoms with Crippen LogP contribution in [0.15, 0.2) is 0 Å². The van der Waals surface area contributed by atoms with E-state index in [1.807, 2.05) is 0 Å². The fourth-order valence-electron chi connectivity index (χ4n) is 5.85. The predicted molar refractivity (Wildman–Crippen MR) is 353 cm³/mol. The third kappa shape index (κ3) is 40.0. The molecule has 0 spiro atoms.